The van der Waals surface area contributed by atoms with Crippen LogP contribution in [0.2, 0.25) is 0 Å². The summed E-state index contributed by atoms with van der Waals surface area (Å²) in [6.45, 7) is 5.20. The van der Waals surface area contributed by atoms with Crippen LogP contribution in [0.1, 0.15) is 56.0 Å². The van der Waals surface area contributed by atoms with E-state index >= 15 is 0 Å². The molecule has 0 radical (unpaired) electrons. The fourth-order valence-electron chi connectivity index (χ4n) is 3.05. The van der Waals surface area contributed by atoms with Crippen molar-refractivity contribution in [3.05, 3.63) is 23.4 Å². The highest BCUT2D eigenvalue weighted by molar-refractivity contribution is 5.29. The maximum absolute atomic E-state index is 5.81. The molecule has 0 aromatic carbocycles. The van der Waals surface area contributed by atoms with Crippen molar-refractivity contribution >= 4 is 5.82 Å². The Hall–Kier alpha value is -1.85. The summed E-state index contributed by atoms with van der Waals surface area (Å²) in [5, 5.41) is 13.3. The van der Waals surface area contributed by atoms with Gasteiger partial charge in [0.2, 0.25) is 0 Å². The lowest BCUT2D eigenvalue weighted by Gasteiger charge is -2.18. The van der Waals surface area contributed by atoms with Gasteiger partial charge in [0.15, 0.2) is 5.82 Å². The third kappa shape index (κ3) is 2.19. The van der Waals surface area contributed by atoms with E-state index in [2.05, 4.69) is 26.8 Å². The molecule has 0 spiro atoms. The van der Waals surface area contributed by atoms with E-state index < -0.39 is 0 Å². The van der Waals surface area contributed by atoms with Crippen LogP contribution < -0.4 is 5.73 Å². The number of fused-ring (bicyclic) bond motifs is 1. The van der Waals surface area contributed by atoms with E-state index in [9.17, 15) is 0 Å². The fraction of sp³-hybridized carbons (Fsp3) is 0.643. The Kier molecular flexibility index (Phi) is 3.46. The van der Waals surface area contributed by atoms with Crippen LogP contribution in [-0.2, 0) is 13.0 Å². The van der Waals surface area contributed by atoms with Crippen LogP contribution in [-0.4, -0.2) is 24.5 Å². The molecule has 1 atom stereocenters. The summed E-state index contributed by atoms with van der Waals surface area (Å²) in [4.78, 5) is 0. The van der Waals surface area contributed by atoms with E-state index in [0.29, 0.717) is 5.82 Å². The van der Waals surface area contributed by atoms with Gasteiger partial charge in [-0.05, 0) is 26.2 Å². The Bertz CT molecular complexity index is 597. The molecule has 1 aliphatic rings. The summed E-state index contributed by atoms with van der Waals surface area (Å²) < 4.78 is 4.27. The van der Waals surface area contributed by atoms with Gasteiger partial charge in [-0.1, -0.05) is 13.3 Å². The molecule has 0 saturated carbocycles. The third-order valence-electron chi connectivity index (χ3n) is 4.06. The van der Waals surface area contributed by atoms with Crippen molar-refractivity contribution in [2.24, 2.45) is 0 Å². The number of hydrogen-bond acceptors (Lipinski definition) is 4. The lowest BCUT2D eigenvalue weighted by molar-refractivity contribution is 0.448. The van der Waals surface area contributed by atoms with Crippen molar-refractivity contribution < 1.29 is 0 Å². The number of nitrogens with zero attached hydrogens (tertiary/aromatic N) is 5. The summed E-state index contributed by atoms with van der Waals surface area (Å²) in [6, 6.07) is 2.02. The summed E-state index contributed by atoms with van der Waals surface area (Å²) in [5.41, 5.74) is 6.88. The van der Waals surface area contributed by atoms with E-state index in [1.54, 1.807) is 0 Å². The Morgan fingerprint density at radius 2 is 2.15 bits per heavy atom. The maximum Gasteiger partial charge on any atom is 0.157 e. The van der Waals surface area contributed by atoms with Gasteiger partial charge < -0.3 is 10.3 Å². The predicted octanol–water partition coefficient (Wildman–Crippen LogP) is 2.09. The zero-order valence-electron chi connectivity index (χ0n) is 12.2. The molecule has 0 fully saturated rings. The van der Waals surface area contributed by atoms with Crippen LogP contribution in [0, 0.1) is 6.92 Å². The molecule has 3 rings (SSSR count). The molecule has 6 heteroatoms. The van der Waals surface area contributed by atoms with E-state index in [4.69, 9.17) is 5.73 Å². The number of anilines is 1. The zero-order valence-corrected chi connectivity index (χ0v) is 12.2. The predicted molar refractivity (Wildman–Crippen MR) is 77.4 cm³/mol. The number of aromatic nitrogens is 5. The van der Waals surface area contributed by atoms with Crippen molar-refractivity contribution in [2.75, 3.05) is 5.73 Å². The Balaban J connectivity index is 2.02. The largest absolute Gasteiger partial charge is 0.382 e. The summed E-state index contributed by atoms with van der Waals surface area (Å²) in [7, 11) is 0. The van der Waals surface area contributed by atoms with Gasteiger partial charge in [0.1, 0.15) is 17.7 Å². The quantitative estimate of drug-likeness (QED) is 0.930. The number of aryl methyl sites for hydroxylation is 2. The lowest BCUT2D eigenvalue weighted by Crippen LogP contribution is -2.19. The topological polar surface area (TPSA) is 74.5 Å². The van der Waals surface area contributed by atoms with Crippen LogP contribution in [0.25, 0.3) is 0 Å². The molecule has 0 saturated heterocycles. The highest BCUT2D eigenvalue weighted by atomic mass is 15.4. The van der Waals surface area contributed by atoms with E-state index in [1.807, 2.05) is 17.7 Å². The number of hydrogen-bond donors (Lipinski definition) is 1. The van der Waals surface area contributed by atoms with Crippen LogP contribution in [0.4, 0.5) is 5.82 Å². The minimum absolute atomic E-state index is 0.117. The minimum atomic E-state index is 0.117. The van der Waals surface area contributed by atoms with Gasteiger partial charge in [-0.3, -0.25) is 4.68 Å². The average molecular weight is 274 g/mol. The minimum Gasteiger partial charge on any atom is -0.382 e. The van der Waals surface area contributed by atoms with Gasteiger partial charge in [-0.25, -0.2) is 0 Å². The van der Waals surface area contributed by atoms with Crippen molar-refractivity contribution in [1.29, 1.82) is 0 Å². The monoisotopic (exact) mass is 274 g/mol. The Morgan fingerprint density at radius 3 is 2.85 bits per heavy atom. The summed E-state index contributed by atoms with van der Waals surface area (Å²) in [5.74, 6) is 2.71. The molecule has 1 unspecified atom stereocenters. The van der Waals surface area contributed by atoms with Crippen LogP contribution >= 0.6 is 0 Å². The number of rotatable bonds is 3. The van der Waals surface area contributed by atoms with Gasteiger partial charge in [0, 0.05) is 24.7 Å². The standard InChI is InChI=1S/C14H22N6/c1-3-11(20-10(2)9-12(15)18-20)14-17-16-13-7-5-4-6-8-19(13)14/h9,11H,3-8H2,1-2H3,(H2,15,18). The molecule has 3 heterocycles. The molecule has 108 valence electrons. The summed E-state index contributed by atoms with van der Waals surface area (Å²) in [6.07, 6.45) is 5.65. The normalized spacial score (nSPS) is 16.7. The van der Waals surface area contributed by atoms with Crippen molar-refractivity contribution in [3.63, 3.8) is 0 Å². The van der Waals surface area contributed by atoms with Gasteiger partial charge in [-0.15, -0.1) is 10.2 Å². The molecule has 20 heavy (non-hydrogen) atoms. The highest BCUT2D eigenvalue weighted by Gasteiger charge is 2.24. The molecule has 2 N–H and O–H groups in total. The second kappa shape index (κ2) is 5.26. The molecule has 6 nitrogen and oxygen atoms in total. The first kappa shape index (κ1) is 13.1. The first-order valence-electron chi connectivity index (χ1n) is 7.44. The van der Waals surface area contributed by atoms with Crippen LogP contribution in [0.15, 0.2) is 6.07 Å². The van der Waals surface area contributed by atoms with Gasteiger partial charge in [0.25, 0.3) is 0 Å². The molecule has 1 aliphatic heterocycles. The van der Waals surface area contributed by atoms with E-state index in [1.165, 1.54) is 19.3 Å². The third-order valence-corrected chi connectivity index (χ3v) is 4.06. The molecular formula is C14H22N6. The molecule has 0 bridgehead atoms. The average Bonchev–Trinajstić information content (AvgIpc) is 2.87. The smallest absolute Gasteiger partial charge is 0.157 e. The highest BCUT2D eigenvalue weighted by Crippen LogP contribution is 2.25. The van der Waals surface area contributed by atoms with Crippen molar-refractivity contribution in [1.82, 2.24) is 24.5 Å². The van der Waals surface area contributed by atoms with Crippen LogP contribution in [0.3, 0.4) is 0 Å². The Labute approximate surface area is 119 Å². The first-order chi connectivity index (χ1) is 9.70. The molecule has 2 aromatic rings. The fourth-order valence-corrected chi connectivity index (χ4v) is 3.05. The number of nitrogen functional groups attached to an aromatic ring is 1. The van der Waals surface area contributed by atoms with E-state index in [-0.39, 0.29) is 6.04 Å². The zero-order chi connectivity index (χ0) is 14.1. The summed E-state index contributed by atoms with van der Waals surface area (Å²) >= 11 is 0. The van der Waals surface area contributed by atoms with Crippen LogP contribution in [0.5, 0.6) is 0 Å². The lowest BCUT2D eigenvalue weighted by atomic mass is 10.2. The van der Waals surface area contributed by atoms with E-state index in [0.717, 1.165) is 36.7 Å². The second-order valence-corrected chi connectivity index (χ2v) is 5.52. The molecule has 0 amide bonds. The maximum atomic E-state index is 5.81. The SMILES string of the molecule is CCC(c1nnc2n1CCCCC2)n1nc(N)cc1C. The van der Waals surface area contributed by atoms with Gasteiger partial charge in [0.05, 0.1) is 0 Å². The second-order valence-electron chi connectivity index (χ2n) is 5.52. The molecule has 0 aliphatic carbocycles. The van der Waals surface area contributed by atoms with Crippen molar-refractivity contribution in [2.45, 2.75) is 58.5 Å². The van der Waals surface area contributed by atoms with Crippen molar-refractivity contribution in [3.8, 4) is 0 Å². The molecular weight excluding hydrogens is 252 g/mol. The van der Waals surface area contributed by atoms with Gasteiger partial charge >= 0.3 is 0 Å². The Morgan fingerprint density at radius 1 is 1.30 bits per heavy atom. The first-order valence-corrected chi connectivity index (χ1v) is 7.44. The number of nitrogens with two attached hydrogens (primary N) is 1. The molecule has 2 aromatic heterocycles. The van der Waals surface area contributed by atoms with Gasteiger partial charge in [-0.2, -0.15) is 5.10 Å².